The van der Waals surface area contributed by atoms with Gasteiger partial charge in [0.05, 0.1) is 0 Å². The quantitative estimate of drug-likeness (QED) is 0.790. The van der Waals surface area contributed by atoms with Gasteiger partial charge in [-0.05, 0) is 54.8 Å². The van der Waals surface area contributed by atoms with Crippen molar-refractivity contribution in [1.82, 2.24) is 5.32 Å². The van der Waals surface area contributed by atoms with Crippen LogP contribution >= 0.6 is 11.3 Å². The molecule has 0 aliphatic carbocycles. The summed E-state index contributed by atoms with van der Waals surface area (Å²) in [4.78, 5) is 1.48. The standard InChI is InChI=1S/C14H25NS/c1-10(2)8-15-9-11(3)12(4)14-6-7-16-13(14)5/h6-7,10-12,15H,8-9H2,1-5H3. The van der Waals surface area contributed by atoms with Crippen LogP contribution in [0.2, 0.25) is 0 Å². The van der Waals surface area contributed by atoms with Gasteiger partial charge in [-0.25, -0.2) is 0 Å². The van der Waals surface area contributed by atoms with E-state index in [1.165, 1.54) is 10.4 Å². The molecule has 2 atom stereocenters. The van der Waals surface area contributed by atoms with E-state index < -0.39 is 0 Å². The van der Waals surface area contributed by atoms with Crippen LogP contribution < -0.4 is 5.32 Å². The fourth-order valence-corrected chi connectivity index (χ4v) is 2.76. The number of nitrogens with one attached hydrogen (secondary N) is 1. The lowest BCUT2D eigenvalue weighted by Crippen LogP contribution is -2.27. The summed E-state index contributed by atoms with van der Waals surface area (Å²) in [5, 5.41) is 5.75. The molecule has 0 amide bonds. The predicted octanol–water partition coefficient (Wildman–Crippen LogP) is 4.04. The Morgan fingerprint density at radius 2 is 1.88 bits per heavy atom. The first-order valence-electron chi connectivity index (χ1n) is 6.27. The van der Waals surface area contributed by atoms with Crippen molar-refractivity contribution in [3.63, 3.8) is 0 Å². The molecular formula is C14H25NS. The maximum Gasteiger partial charge on any atom is 0.00490 e. The molecule has 0 fully saturated rings. The fourth-order valence-electron chi connectivity index (χ4n) is 1.95. The van der Waals surface area contributed by atoms with Crippen molar-refractivity contribution in [2.24, 2.45) is 11.8 Å². The third-order valence-corrected chi connectivity index (χ3v) is 4.12. The molecule has 0 saturated carbocycles. The van der Waals surface area contributed by atoms with Crippen LogP contribution in [-0.2, 0) is 0 Å². The molecule has 0 spiro atoms. The van der Waals surface area contributed by atoms with E-state index in [2.05, 4.69) is 51.4 Å². The summed E-state index contributed by atoms with van der Waals surface area (Å²) in [5.41, 5.74) is 1.53. The lowest BCUT2D eigenvalue weighted by atomic mass is 9.89. The van der Waals surface area contributed by atoms with Gasteiger partial charge in [-0.15, -0.1) is 11.3 Å². The summed E-state index contributed by atoms with van der Waals surface area (Å²) in [6.07, 6.45) is 0. The molecule has 1 aromatic rings. The lowest BCUT2D eigenvalue weighted by molar-refractivity contribution is 0.428. The number of hydrogen-bond donors (Lipinski definition) is 1. The van der Waals surface area contributed by atoms with E-state index in [1.807, 2.05) is 11.3 Å². The Kier molecular flexibility index (Phi) is 5.50. The molecule has 1 rings (SSSR count). The van der Waals surface area contributed by atoms with Gasteiger partial charge in [0, 0.05) is 4.88 Å². The topological polar surface area (TPSA) is 12.0 Å². The number of rotatable bonds is 6. The van der Waals surface area contributed by atoms with E-state index in [0.717, 1.165) is 19.0 Å². The van der Waals surface area contributed by atoms with Gasteiger partial charge in [0.1, 0.15) is 0 Å². The molecule has 2 heteroatoms. The molecule has 1 nitrogen and oxygen atoms in total. The van der Waals surface area contributed by atoms with Crippen LogP contribution in [0.25, 0.3) is 0 Å². The number of thiophene rings is 1. The van der Waals surface area contributed by atoms with Crippen molar-refractivity contribution in [3.05, 3.63) is 21.9 Å². The third-order valence-electron chi connectivity index (χ3n) is 3.26. The smallest absolute Gasteiger partial charge is 0.00490 e. The minimum absolute atomic E-state index is 0.658. The van der Waals surface area contributed by atoms with Crippen LogP contribution in [0.15, 0.2) is 11.4 Å². The largest absolute Gasteiger partial charge is 0.316 e. The molecule has 2 unspecified atom stereocenters. The van der Waals surface area contributed by atoms with Crippen LogP contribution in [0.4, 0.5) is 0 Å². The molecule has 16 heavy (non-hydrogen) atoms. The van der Waals surface area contributed by atoms with E-state index in [1.54, 1.807) is 0 Å². The molecule has 0 saturated heterocycles. The van der Waals surface area contributed by atoms with Gasteiger partial charge in [0.25, 0.3) is 0 Å². The highest BCUT2D eigenvalue weighted by Crippen LogP contribution is 2.29. The summed E-state index contributed by atoms with van der Waals surface area (Å²) >= 11 is 1.86. The van der Waals surface area contributed by atoms with E-state index in [-0.39, 0.29) is 0 Å². The Balaban J connectivity index is 2.42. The van der Waals surface area contributed by atoms with Crippen molar-refractivity contribution in [3.8, 4) is 0 Å². The molecule has 92 valence electrons. The predicted molar refractivity (Wildman–Crippen MR) is 74.3 cm³/mol. The van der Waals surface area contributed by atoms with Gasteiger partial charge in [-0.1, -0.05) is 27.7 Å². The molecule has 0 bridgehead atoms. The monoisotopic (exact) mass is 239 g/mol. The van der Waals surface area contributed by atoms with Gasteiger partial charge in [-0.3, -0.25) is 0 Å². The van der Waals surface area contributed by atoms with Crippen molar-refractivity contribution < 1.29 is 0 Å². The third kappa shape index (κ3) is 3.91. The second-order valence-corrected chi connectivity index (χ2v) is 6.37. The van der Waals surface area contributed by atoms with Crippen LogP contribution in [0.1, 0.15) is 44.1 Å². The van der Waals surface area contributed by atoms with Crippen molar-refractivity contribution in [1.29, 1.82) is 0 Å². The first kappa shape index (κ1) is 13.7. The highest BCUT2D eigenvalue weighted by molar-refractivity contribution is 7.10. The zero-order valence-electron chi connectivity index (χ0n) is 11.2. The Labute approximate surface area is 104 Å². The minimum Gasteiger partial charge on any atom is -0.316 e. The Hall–Kier alpha value is -0.340. The average molecular weight is 239 g/mol. The van der Waals surface area contributed by atoms with Gasteiger partial charge < -0.3 is 5.32 Å². The first-order chi connectivity index (χ1) is 7.52. The fraction of sp³-hybridized carbons (Fsp3) is 0.714. The minimum atomic E-state index is 0.658. The maximum atomic E-state index is 3.55. The van der Waals surface area contributed by atoms with Gasteiger partial charge >= 0.3 is 0 Å². The number of aryl methyl sites for hydroxylation is 1. The van der Waals surface area contributed by atoms with E-state index in [0.29, 0.717) is 11.8 Å². The Morgan fingerprint density at radius 1 is 1.19 bits per heavy atom. The molecule has 0 aliphatic rings. The zero-order chi connectivity index (χ0) is 12.1. The van der Waals surface area contributed by atoms with Crippen molar-refractivity contribution >= 4 is 11.3 Å². The highest BCUT2D eigenvalue weighted by atomic mass is 32.1. The number of hydrogen-bond acceptors (Lipinski definition) is 2. The molecular weight excluding hydrogens is 214 g/mol. The Bertz CT molecular complexity index is 303. The molecule has 0 aliphatic heterocycles. The second kappa shape index (κ2) is 6.41. The SMILES string of the molecule is Cc1sccc1C(C)C(C)CNCC(C)C. The normalized spacial score (nSPS) is 15.4. The van der Waals surface area contributed by atoms with Crippen LogP contribution in [0.5, 0.6) is 0 Å². The van der Waals surface area contributed by atoms with E-state index in [4.69, 9.17) is 0 Å². The Morgan fingerprint density at radius 3 is 2.38 bits per heavy atom. The summed E-state index contributed by atoms with van der Waals surface area (Å²) in [6.45, 7) is 13.7. The van der Waals surface area contributed by atoms with Crippen LogP contribution in [0, 0.1) is 18.8 Å². The van der Waals surface area contributed by atoms with Crippen LogP contribution in [-0.4, -0.2) is 13.1 Å². The van der Waals surface area contributed by atoms with Gasteiger partial charge in [0.2, 0.25) is 0 Å². The summed E-state index contributed by atoms with van der Waals surface area (Å²) in [5.74, 6) is 2.10. The second-order valence-electron chi connectivity index (χ2n) is 5.25. The summed E-state index contributed by atoms with van der Waals surface area (Å²) in [6, 6.07) is 2.28. The van der Waals surface area contributed by atoms with Crippen molar-refractivity contribution in [2.45, 2.75) is 40.5 Å². The van der Waals surface area contributed by atoms with Crippen molar-refractivity contribution in [2.75, 3.05) is 13.1 Å². The molecule has 0 aromatic carbocycles. The highest BCUT2D eigenvalue weighted by Gasteiger charge is 2.16. The summed E-state index contributed by atoms with van der Waals surface area (Å²) < 4.78 is 0. The average Bonchev–Trinajstić information content (AvgIpc) is 2.62. The van der Waals surface area contributed by atoms with Crippen LogP contribution in [0.3, 0.4) is 0 Å². The van der Waals surface area contributed by atoms with E-state index in [9.17, 15) is 0 Å². The molecule has 1 heterocycles. The van der Waals surface area contributed by atoms with Gasteiger partial charge in [-0.2, -0.15) is 0 Å². The molecule has 1 aromatic heterocycles. The lowest BCUT2D eigenvalue weighted by Gasteiger charge is -2.21. The van der Waals surface area contributed by atoms with E-state index >= 15 is 0 Å². The van der Waals surface area contributed by atoms with Gasteiger partial charge in [0.15, 0.2) is 0 Å². The maximum absolute atomic E-state index is 3.55. The zero-order valence-corrected chi connectivity index (χ0v) is 12.0. The molecule has 1 N–H and O–H groups in total. The summed E-state index contributed by atoms with van der Waals surface area (Å²) in [7, 11) is 0. The molecule has 0 radical (unpaired) electrons. The first-order valence-corrected chi connectivity index (χ1v) is 7.15.